The van der Waals surface area contributed by atoms with E-state index in [9.17, 15) is 4.79 Å². The molecule has 1 saturated heterocycles. The zero-order valence-electron chi connectivity index (χ0n) is 10.9. The van der Waals surface area contributed by atoms with E-state index in [1.807, 2.05) is 20.8 Å². The molecular weight excluding hydrogens is 204 g/mol. The first-order valence-corrected chi connectivity index (χ1v) is 5.96. The lowest BCUT2D eigenvalue weighted by Crippen LogP contribution is -2.48. The molecule has 0 aromatic rings. The van der Waals surface area contributed by atoms with Gasteiger partial charge < -0.3 is 15.4 Å². The molecular formula is C12H24N2O2. The van der Waals surface area contributed by atoms with Crippen molar-refractivity contribution in [3.8, 4) is 0 Å². The van der Waals surface area contributed by atoms with E-state index in [0.717, 1.165) is 13.0 Å². The Morgan fingerprint density at radius 2 is 2.19 bits per heavy atom. The lowest BCUT2D eigenvalue weighted by atomic mass is 10.0. The maximum atomic E-state index is 11.5. The maximum absolute atomic E-state index is 11.5. The van der Waals surface area contributed by atoms with Crippen LogP contribution in [0.1, 0.15) is 40.5 Å². The third kappa shape index (κ3) is 4.94. The largest absolute Gasteiger partial charge is 0.366 e. The van der Waals surface area contributed by atoms with Gasteiger partial charge in [-0.25, -0.2) is 0 Å². The highest BCUT2D eigenvalue weighted by atomic mass is 16.5. The van der Waals surface area contributed by atoms with Crippen LogP contribution in [0.15, 0.2) is 0 Å². The van der Waals surface area contributed by atoms with Crippen molar-refractivity contribution in [1.29, 1.82) is 0 Å². The van der Waals surface area contributed by atoms with Gasteiger partial charge in [0, 0.05) is 12.1 Å². The van der Waals surface area contributed by atoms with Gasteiger partial charge in [-0.15, -0.1) is 0 Å². The van der Waals surface area contributed by atoms with E-state index in [1.165, 1.54) is 6.42 Å². The van der Waals surface area contributed by atoms with Gasteiger partial charge in [-0.2, -0.15) is 0 Å². The summed E-state index contributed by atoms with van der Waals surface area (Å²) >= 11 is 0. The molecule has 16 heavy (non-hydrogen) atoms. The van der Waals surface area contributed by atoms with Crippen LogP contribution in [0.25, 0.3) is 0 Å². The first-order chi connectivity index (χ1) is 7.31. The molecule has 4 nitrogen and oxygen atoms in total. The standard InChI is InChI=1S/C12H24N2O2/c1-11(2,3)16-8-10(15)13-9-12(4)6-5-7-14-12/h14H,5-9H2,1-4H3,(H,13,15). The SMILES string of the molecule is CC1(CNC(=O)COC(C)(C)C)CCCN1. The molecule has 1 heterocycles. The Hall–Kier alpha value is -0.610. The molecule has 0 bridgehead atoms. The minimum atomic E-state index is -0.257. The minimum absolute atomic E-state index is 0.0372. The average Bonchev–Trinajstić information content (AvgIpc) is 2.59. The Labute approximate surface area is 98.1 Å². The fraction of sp³-hybridized carbons (Fsp3) is 0.917. The molecule has 2 N–H and O–H groups in total. The maximum Gasteiger partial charge on any atom is 0.246 e. The Morgan fingerprint density at radius 3 is 2.69 bits per heavy atom. The summed E-state index contributed by atoms with van der Waals surface area (Å²) < 4.78 is 5.41. The van der Waals surface area contributed by atoms with E-state index in [0.29, 0.717) is 6.54 Å². The van der Waals surface area contributed by atoms with Gasteiger partial charge >= 0.3 is 0 Å². The van der Waals surface area contributed by atoms with E-state index in [4.69, 9.17) is 4.74 Å². The van der Waals surface area contributed by atoms with Crippen LogP contribution in [-0.4, -0.2) is 36.7 Å². The van der Waals surface area contributed by atoms with Crippen molar-refractivity contribution in [1.82, 2.24) is 10.6 Å². The van der Waals surface area contributed by atoms with Gasteiger partial charge in [0.25, 0.3) is 0 Å². The molecule has 94 valence electrons. The monoisotopic (exact) mass is 228 g/mol. The average molecular weight is 228 g/mol. The second kappa shape index (κ2) is 5.15. The predicted octanol–water partition coefficient (Wildman–Crippen LogP) is 1.06. The summed E-state index contributed by atoms with van der Waals surface area (Å²) in [5.41, 5.74) is -0.190. The molecule has 1 atom stereocenters. The van der Waals surface area contributed by atoms with Crippen LogP contribution in [0.3, 0.4) is 0 Å². The molecule has 1 rings (SSSR count). The molecule has 0 aliphatic carbocycles. The summed E-state index contributed by atoms with van der Waals surface area (Å²) in [5, 5.41) is 6.32. The Kier molecular flexibility index (Phi) is 4.33. The summed E-state index contributed by atoms with van der Waals surface area (Å²) in [6.07, 6.45) is 2.30. The van der Waals surface area contributed by atoms with Gasteiger partial charge in [0.2, 0.25) is 5.91 Å². The lowest BCUT2D eigenvalue weighted by Gasteiger charge is -2.25. The van der Waals surface area contributed by atoms with Gasteiger partial charge in [-0.3, -0.25) is 4.79 Å². The lowest BCUT2D eigenvalue weighted by molar-refractivity contribution is -0.130. The summed E-state index contributed by atoms with van der Waals surface area (Å²) in [6.45, 7) is 9.84. The van der Waals surface area contributed by atoms with E-state index >= 15 is 0 Å². The van der Waals surface area contributed by atoms with Crippen LogP contribution in [0, 0.1) is 0 Å². The normalized spacial score (nSPS) is 25.8. The fourth-order valence-corrected chi connectivity index (χ4v) is 1.73. The molecule has 0 saturated carbocycles. The van der Waals surface area contributed by atoms with Crippen LogP contribution in [0.2, 0.25) is 0 Å². The van der Waals surface area contributed by atoms with Crippen molar-refractivity contribution in [3.63, 3.8) is 0 Å². The second-order valence-corrected chi connectivity index (χ2v) is 5.77. The van der Waals surface area contributed by atoms with Gasteiger partial charge in [0.1, 0.15) is 6.61 Å². The third-order valence-electron chi connectivity index (χ3n) is 2.77. The molecule has 0 radical (unpaired) electrons. The zero-order chi connectivity index (χ0) is 12.2. The number of hydrogen-bond acceptors (Lipinski definition) is 3. The smallest absolute Gasteiger partial charge is 0.246 e. The number of nitrogens with one attached hydrogen (secondary N) is 2. The number of carbonyl (C=O) groups is 1. The zero-order valence-corrected chi connectivity index (χ0v) is 10.9. The quantitative estimate of drug-likeness (QED) is 0.756. The van der Waals surface area contributed by atoms with Crippen LogP contribution < -0.4 is 10.6 Å². The van der Waals surface area contributed by atoms with E-state index in [-0.39, 0.29) is 23.7 Å². The topological polar surface area (TPSA) is 50.4 Å². The molecule has 1 amide bonds. The number of ether oxygens (including phenoxy) is 1. The number of carbonyl (C=O) groups excluding carboxylic acids is 1. The molecule has 1 aliphatic heterocycles. The highest BCUT2D eigenvalue weighted by molar-refractivity contribution is 5.77. The van der Waals surface area contributed by atoms with E-state index in [2.05, 4.69) is 17.6 Å². The van der Waals surface area contributed by atoms with Crippen molar-refractivity contribution < 1.29 is 9.53 Å². The van der Waals surface area contributed by atoms with E-state index < -0.39 is 0 Å². The second-order valence-electron chi connectivity index (χ2n) is 5.77. The summed E-state index contributed by atoms with van der Waals surface area (Å²) in [4.78, 5) is 11.5. The molecule has 0 aromatic heterocycles. The van der Waals surface area contributed by atoms with Gasteiger partial charge in [0.05, 0.1) is 5.60 Å². The first-order valence-electron chi connectivity index (χ1n) is 5.96. The van der Waals surface area contributed by atoms with Crippen molar-refractivity contribution in [3.05, 3.63) is 0 Å². The number of hydrogen-bond donors (Lipinski definition) is 2. The highest BCUT2D eigenvalue weighted by Gasteiger charge is 2.28. The van der Waals surface area contributed by atoms with Gasteiger partial charge in [-0.1, -0.05) is 0 Å². The Balaban J connectivity index is 2.20. The van der Waals surface area contributed by atoms with Crippen molar-refractivity contribution in [2.45, 2.75) is 51.7 Å². The number of amides is 1. The van der Waals surface area contributed by atoms with E-state index in [1.54, 1.807) is 0 Å². The predicted molar refractivity (Wildman–Crippen MR) is 64.4 cm³/mol. The fourth-order valence-electron chi connectivity index (χ4n) is 1.73. The molecule has 0 aromatic carbocycles. The van der Waals surface area contributed by atoms with Crippen LogP contribution in [0.5, 0.6) is 0 Å². The van der Waals surface area contributed by atoms with Crippen LogP contribution in [0.4, 0.5) is 0 Å². The molecule has 1 unspecified atom stereocenters. The Morgan fingerprint density at radius 1 is 1.50 bits per heavy atom. The molecule has 1 fully saturated rings. The molecule has 1 aliphatic rings. The minimum Gasteiger partial charge on any atom is -0.366 e. The van der Waals surface area contributed by atoms with Crippen molar-refractivity contribution in [2.75, 3.05) is 19.7 Å². The first kappa shape index (κ1) is 13.5. The summed E-state index contributed by atoms with van der Waals surface area (Å²) in [5.74, 6) is -0.0372. The van der Waals surface area contributed by atoms with Crippen molar-refractivity contribution in [2.24, 2.45) is 0 Å². The summed E-state index contributed by atoms with van der Waals surface area (Å²) in [6, 6.07) is 0. The van der Waals surface area contributed by atoms with Gasteiger partial charge in [-0.05, 0) is 47.1 Å². The van der Waals surface area contributed by atoms with Crippen LogP contribution in [-0.2, 0) is 9.53 Å². The summed E-state index contributed by atoms with van der Waals surface area (Å²) in [7, 11) is 0. The highest BCUT2D eigenvalue weighted by Crippen LogP contribution is 2.16. The number of rotatable bonds is 4. The molecule has 4 heteroatoms. The van der Waals surface area contributed by atoms with Crippen molar-refractivity contribution >= 4 is 5.91 Å². The van der Waals surface area contributed by atoms with Gasteiger partial charge in [0.15, 0.2) is 0 Å². The van der Waals surface area contributed by atoms with Crippen LogP contribution >= 0.6 is 0 Å². The Bertz CT molecular complexity index is 240. The molecule has 0 spiro atoms. The third-order valence-corrected chi connectivity index (χ3v) is 2.77.